The van der Waals surface area contributed by atoms with Crippen LogP contribution in [0.25, 0.3) is 0 Å². The number of para-hydroxylation sites is 1. The van der Waals surface area contributed by atoms with Crippen molar-refractivity contribution in [3.05, 3.63) is 29.8 Å². The molecule has 0 heterocycles. The van der Waals surface area contributed by atoms with Crippen molar-refractivity contribution in [2.75, 3.05) is 6.61 Å². The number of aryl methyl sites for hydroxylation is 1. The summed E-state index contributed by atoms with van der Waals surface area (Å²) in [5.74, 6) is 0.449. The molecule has 0 bridgehead atoms. The van der Waals surface area contributed by atoms with Crippen LogP contribution in [0.1, 0.15) is 12.5 Å². The molecule has 0 fully saturated rings. The fourth-order valence-electron chi connectivity index (χ4n) is 1.03. The highest BCUT2D eigenvalue weighted by Gasteiger charge is 2.02. The molecule has 0 atom stereocenters. The first-order valence-electron chi connectivity index (χ1n) is 4.69. The van der Waals surface area contributed by atoms with Crippen LogP contribution in [0, 0.1) is 6.92 Å². The number of rotatable bonds is 4. The van der Waals surface area contributed by atoms with E-state index < -0.39 is 0 Å². The topological polar surface area (TPSA) is 50.7 Å². The highest BCUT2D eigenvalue weighted by molar-refractivity contribution is 5.78. The van der Waals surface area contributed by atoms with Gasteiger partial charge in [0.15, 0.2) is 6.61 Å². The summed E-state index contributed by atoms with van der Waals surface area (Å²) in [6, 6.07) is 7.54. The number of hydrogen-bond donors (Lipinski definition) is 1. The number of hydrogen-bond acceptors (Lipinski definition) is 3. The molecule has 0 aromatic heterocycles. The van der Waals surface area contributed by atoms with Gasteiger partial charge in [-0.05, 0) is 25.5 Å². The Labute approximate surface area is 88.9 Å². The third-order valence-electron chi connectivity index (χ3n) is 1.77. The van der Waals surface area contributed by atoms with Crippen molar-refractivity contribution in [2.45, 2.75) is 13.8 Å². The van der Waals surface area contributed by atoms with Crippen molar-refractivity contribution >= 4 is 12.1 Å². The summed E-state index contributed by atoms with van der Waals surface area (Å²) in [5, 5.41) is 3.60. The highest BCUT2D eigenvalue weighted by Crippen LogP contribution is 2.15. The van der Waals surface area contributed by atoms with Gasteiger partial charge < -0.3 is 4.74 Å². The van der Waals surface area contributed by atoms with E-state index in [1.165, 1.54) is 6.21 Å². The lowest BCUT2D eigenvalue weighted by Gasteiger charge is -2.07. The van der Waals surface area contributed by atoms with E-state index >= 15 is 0 Å². The van der Waals surface area contributed by atoms with Gasteiger partial charge >= 0.3 is 0 Å². The minimum Gasteiger partial charge on any atom is -0.483 e. The molecule has 0 saturated heterocycles. The van der Waals surface area contributed by atoms with Gasteiger partial charge in [-0.1, -0.05) is 18.2 Å². The van der Waals surface area contributed by atoms with E-state index in [9.17, 15) is 4.79 Å². The maximum atomic E-state index is 11.1. The lowest BCUT2D eigenvalue weighted by Crippen LogP contribution is -2.24. The summed E-state index contributed by atoms with van der Waals surface area (Å²) in [6.45, 7) is 3.63. The maximum absolute atomic E-state index is 11.1. The molecule has 0 aliphatic rings. The van der Waals surface area contributed by atoms with Crippen molar-refractivity contribution in [3.63, 3.8) is 0 Å². The first-order valence-corrected chi connectivity index (χ1v) is 4.69. The van der Waals surface area contributed by atoms with E-state index in [1.54, 1.807) is 6.92 Å². The number of nitrogens with zero attached hydrogens (tertiary/aromatic N) is 1. The largest absolute Gasteiger partial charge is 0.483 e. The van der Waals surface area contributed by atoms with Crippen LogP contribution >= 0.6 is 0 Å². The second-order valence-corrected chi connectivity index (χ2v) is 2.98. The molecule has 0 spiro atoms. The van der Waals surface area contributed by atoms with Crippen LogP contribution in [0.3, 0.4) is 0 Å². The average Bonchev–Trinajstić information content (AvgIpc) is 2.25. The summed E-state index contributed by atoms with van der Waals surface area (Å²) in [5.41, 5.74) is 3.33. The van der Waals surface area contributed by atoms with Gasteiger partial charge in [-0.15, -0.1) is 0 Å². The zero-order chi connectivity index (χ0) is 11.1. The summed E-state index contributed by atoms with van der Waals surface area (Å²) < 4.78 is 5.31. The van der Waals surface area contributed by atoms with E-state index in [0.29, 0.717) is 5.75 Å². The van der Waals surface area contributed by atoms with Crippen LogP contribution in [0.5, 0.6) is 5.75 Å². The van der Waals surface area contributed by atoms with Gasteiger partial charge in [-0.2, -0.15) is 5.10 Å². The molecule has 1 N–H and O–H groups in total. The van der Waals surface area contributed by atoms with Gasteiger partial charge in [0.1, 0.15) is 5.75 Å². The molecular formula is C11H14N2O2. The Bertz CT molecular complexity index is 361. The molecule has 0 aliphatic carbocycles. The minimum absolute atomic E-state index is 0.0256. The van der Waals surface area contributed by atoms with Crippen LogP contribution in [-0.2, 0) is 4.79 Å². The molecule has 80 valence electrons. The molecule has 0 aliphatic heterocycles. The number of benzene rings is 1. The second kappa shape index (κ2) is 5.80. The van der Waals surface area contributed by atoms with Crippen LogP contribution in [0.15, 0.2) is 29.4 Å². The first kappa shape index (κ1) is 11.2. The monoisotopic (exact) mass is 206 g/mol. The van der Waals surface area contributed by atoms with Crippen molar-refractivity contribution in [1.29, 1.82) is 0 Å². The molecule has 1 aromatic rings. The van der Waals surface area contributed by atoms with Crippen LogP contribution in [0.2, 0.25) is 0 Å². The Balaban J connectivity index is 2.44. The molecule has 15 heavy (non-hydrogen) atoms. The van der Waals surface area contributed by atoms with Gasteiger partial charge in [-0.3, -0.25) is 4.79 Å². The van der Waals surface area contributed by atoms with E-state index in [1.807, 2.05) is 31.2 Å². The Kier molecular flexibility index (Phi) is 4.34. The molecule has 4 heteroatoms. The third kappa shape index (κ3) is 3.81. The quantitative estimate of drug-likeness (QED) is 0.599. The first-order chi connectivity index (χ1) is 7.24. The van der Waals surface area contributed by atoms with Gasteiger partial charge in [0, 0.05) is 6.21 Å². The van der Waals surface area contributed by atoms with Crippen molar-refractivity contribution in [3.8, 4) is 5.75 Å². The normalized spacial score (nSPS) is 10.3. The number of amides is 1. The number of carbonyl (C=O) groups excluding carboxylic acids is 1. The van der Waals surface area contributed by atoms with Crippen LogP contribution < -0.4 is 10.2 Å². The summed E-state index contributed by atoms with van der Waals surface area (Å²) in [4.78, 5) is 11.1. The van der Waals surface area contributed by atoms with Gasteiger partial charge in [0.25, 0.3) is 5.91 Å². The van der Waals surface area contributed by atoms with Crippen LogP contribution in [-0.4, -0.2) is 18.7 Å². The predicted octanol–water partition coefficient (Wildman–Crippen LogP) is 1.50. The summed E-state index contributed by atoms with van der Waals surface area (Å²) >= 11 is 0. The second-order valence-electron chi connectivity index (χ2n) is 2.98. The Morgan fingerprint density at radius 2 is 2.27 bits per heavy atom. The fourth-order valence-corrected chi connectivity index (χ4v) is 1.03. The molecule has 4 nitrogen and oxygen atoms in total. The smallest absolute Gasteiger partial charge is 0.277 e. The van der Waals surface area contributed by atoms with Gasteiger partial charge in [0.2, 0.25) is 0 Å². The highest BCUT2D eigenvalue weighted by atomic mass is 16.5. The minimum atomic E-state index is -0.267. The molecule has 0 saturated carbocycles. The Morgan fingerprint density at radius 3 is 2.93 bits per heavy atom. The van der Waals surface area contributed by atoms with Gasteiger partial charge in [-0.25, -0.2) is 5.43 Å². The van der Waals surface area contributed by atoms with E-state index in [2.05, 4.69) is 10.5 Å². The number of hydrazone groups is 1. The molecule has 1 aromatic carbocycles. The van der Waals surface area contributed by atoms with E-state index in [-0.39, 0.29) is 12.5 Å². The summed E-state index contributed by atoms with van der Waals surface area (Å²) in [6.07, 6.45) is 1.51. The zero-order valence-electron chi connectivity index (χ0n) is 8.86. The predicted molar refractivity (Wildman–Crippen MR) is 59.0 cm³/mol. The van der Waals surface area contributed by atoms with Crippen molar-refractivity contribution in [1.82, 2.24) is 5.43 Å². The number of ether oxygens (including phenoxy) is 1. The van der Waals surface area contributed by atoms with Crippen molar-refractivity contribution < 1.29 is 9.53 Å². The standard InChI is InChI=1S/C11H14N2O2/c1-3-12-13-11(14)8-15-10-7-5-4-6-9(10)2/h3-7H,8H2,1-2H3,(H,13,14)/b12-3-. The van der Waals surface area contributed by atoms with Crippen LogP contribution in [0.4, 0.5) is 0 Å². The molecule has 0 unspecified atom stereocenters. The number of carbonyl (C=O) groups is 1. The Hall–Kier alpha value is -1.84. The fraction of sp³-hybridized carbons (Fsp3) is 0.273. The summed E-state index contributed by atoms with van der Waals surface area (Å²) in [7, 11) is 0. The molecular weight excluding hydrogens is 192 g/mol. The van der Waals surface area contributed by atoms with Gasteiger partial charge in [0.05, 0.1) is 0 Å². The molecule has 1 rings (SSSR count). The zero-order valence-corrected chi connectivity index (χ0v) is 8.86. The third-order valence-corrected chi connectivity index (χ3v) is 1.77. The lowest BCUT2D eigenvalue weighted by molar-refractivity contribution is -0.123. The average molecular weight is 206 g/mol. The SMILES string of the molecule is C/C=N\NC(=O)COc1ccccc1C. The van der Waals surface area contributed by atoms with Crippen molar-refractivity contribution in [2.24, 2.45) is 5.10 Å². The number of nitrogens with one attached hydrogen (secondary N) is 1. The Morgan fingerprint density at radius 1 is 1.53 bits per heavy atom. The lowest BCUT2D eigenvalue weighted by atomic mass is 10.2. The van der Waals surface area contributed by atoms with E-state index in [4.69, 9.17) is 4.74 Å². The molecule has 0 radical (unpaired) electrons. The molecule has 1 amide bonds. The van der Waals surface area contributed by atoms with E-state index in [0.717, 1.165) is 5.56 Å². The maximum Gasteiger partial charge on any atom is 0.277 e.